The minimum Gasteiger partial charge on any atom is -0.497 e. The molecule has 0 heterocycles. The quantitative estimate of drug-likeness (QED) is 0.415. The number of aryl methyl sites for hydroxylation is 3. The van der Waals surface area contributed by atoms with Crippen LogP contribution in [0.5, 0.6) is 5.75 Å². The Hall–Kier alpha value is -3.84. The molecule has 1 N–H and O–H groups in total. The Labute approximate surface area is 183 Å². The van der Waals surface area contributed by atoms with Gasteiger partial charge in [-0.05, 0) is 79.8 Å². The molecule has 0 aromatic heterocycles. The molecule has 0 radical (unpaired) electrons. The summed E-state index contributed by atoms with van der Waals surface area (Å²) in [6.45, 7) is 6.10. The van der Waals surface area contributed by atoms with Gasteiger partial charge in [0, 0.05) is 5.69 Å². The topological polar surface area (TPSA) is 62.1 Å². The minimum absolute atomic E-state index is 0.0494. The molecule has 3 aromatic rings. The maximum absolute atomic E-state index is 12.7. The summed E-state index contributed by atoms with van der Waals surface area (Å²) in [6, 6.07) is 21.6. The molecule has 0 atom stereocenters. The largest absolute Gasteiger partial charge is 0.497 e. The van der Waals surface area contributed by atoms with E-state index in [4.69, 9.17) is 4.74 Å². The fourth-order valence-corrected chi connectivity index (χ4v) is 3.62. The van der Waals surface area contributed by atoms with Gasteiger partial charge in [-0.15, -0.1) is 0 Å². The van der Waals surface area contributed by atoms with E-state index in [1.807, 2.05) is 49.4 Å². The summed E-state index contributed by atoms with van der Waals surface area (Å²) < 4.78 is 5.40. The van der Waals surface area contributed by atoms with Gasteiger partial charge in [-0.25, -0.2) is 0 Å². The second-order valence-electron chi connectivity index (χ2n) is 7.73. The van der Waals surface area contributed by atoms with Gasteiger partial charge >= 0.3 is 0 Å². The van der Waals surface area contributed by atoms with Crippen LogP contribution < -0.4 is 10.1 Å². The average Bonchev–Trinajstić information content (AvgIpc) is 2.72. The molecule has 156 valence electrons. The van der Waals surface area contributed by atoms with Gasteiger partial charge in [-0.1, -0.05) is 47.5 Å². The number of ether oxygens (including phenoxy) is 1. The van der Waals surface area contributed by atoms with Gasteiger partial charge in [-0.2, -0.15) is 5.26 Å². The Balaban J connectivity index is 1.95. The summed E-state index contributed by atoms with van der Waals surface area (Å²) in [5.74, 6) is 0.306. The highest BCUT2D eigenvalue weighted by atomic mass is 16.5. The number of nitriles is 1. The first-order valence-corrected chi connectivity index (χ1v) is 10.1. The van der Waals surface area contributed by atoms with Gasteiger partial charge in [-0.3, -0.25) is 4.79 Å². The second-order valence-corrected chi connectivity index (χ2v) is 7.73. The van der Waals surface area contributed by atoms with Crippen LogP contribution in [0.25, 0.3) is 6.08 Å². The molecule has 0 spiro atoms. The Kier molecular flexibility index (Phi) is 6.89. The van der Waals surface area contributed by atoms with Crippen molar-refractivity contribution in [1.82, 2.24) is 0 Å². The SMILES string of the molecule is COc1ccc(/C=C(\C#N)C(=O)Nc2cccc(C)c2)c(Cc2cc(C)cc(C)c2)c1. The molecule has 0 aliphatic heterocycles. The number of hydrogen-bond donors (Lipinski definition) is 1. The van der Waals surface area contributed by atoms with E-state index in [-0.39, 0.29) is 5.57 Å². The number of carbonyl (C=O) groups excluding carboxylic acids is 1. The zero-order chi connectivity index (χ0) is 22.4. The average molecular weight is 411 g/mol. The van der Waals surface area contributed by atoms with Crippen LogP contribution in [0.3, 0.4) is 0 Å². The number of nitrogens with one attached hydrogen (secondary N) is 1. The molecule has 1 amide bonds. The molecule has 4 nitrogen and oxygen atoms in total. The maximum Gasteiger partial charge on any atom is 0.266 e. The molecule has 0 saturated heterocycles. The van der Waals surface area contributed by atoms with E-state index in [0.717, 1.165) is 22.4 Å². The van der Waals surface area contributed by atoms with Crippen molar-refractivity contribution >= 4 is 17.7 Å². The minimum atomic E-state index is -0.429. The van der Waals surface area contributed by atoms with Crippen LogP contribution >= 0.6 is 0 Å². The van der Waals surface area contributed by atoms with E-state index in [0.29, 0.717) is 12.1 Å². The van der Waals surface area contributed by atoms with Crippen molar-refractivity contribution in [3.05, 3.63) is 99.6 Å². The Morgan fingerprint density at radius 2 is 1.74 bits per heavy atom. The van der Waals surface area contributed by atoms with Crippen molar-refractivity contribution in [3.63, 3.8) is 0 Å². The van der Waals surface area contributed by atoms with E-state index in [9.17, 15) is 10.1 Å². The highest BCUT2D eigenvalue weighted by Crippen LogP contribution is 2.24. The molecule has 0 fully saturated rings. The van der Waals surface area contributed by atoms with E-state index >= 15 is 0 Å². The molecule has 31 heavy (non-hydrogen) atoms. The predicted molar refractivity (Wildman–Crippen MR) is 125 cm³/mol. The zero-order valence-corrected chi connectivity index (χ0v) is 18.3. The number of anilines is 1. The zero-order valence-electron chi connectivity index (χ0n) is 18.3. The maximum atomic E-state index is 12.7. The molecule has 3 aromatic carbocycles. The molecular weight excluding hydrogens is 384 g/mol. The standard InChI is InChI=1S/C27H26N2O2/c1-18-6-5-7-25(13-18)29-27(30)24(17-28)15-22-8-9-26(31-4)16-23(22)14-21-11-19(2)10-20(3)12-21/h5-13,15-16H,14H2,1-4H3,(H,29,30)/b24-15+. The van der Waals surface area contributed by atoms with Gasteiger partial charge in [0.25, 0.3) is 5.91 Å². The van der Waals surface area contributed by atoms with Crippen molar-refractivity contribution in [2.75, 3.05) is 12.4 Å². The van der Waals surface area contributed by atoms with Crippen LogP contribution in [-0.2, 0) is 11.2 Å². The summed E-state index contributed by atoms with van der Waals surface area (Å²) in [5.41, 5.74) is 7.12. The van der Waals surface area contributed by atoms with Crippen LogP contribution in [0.1, 0.15) is 33.4 Å². The van der Waals surface area contributed by atoms with Crippen molar-refractivity contribution in [1.29, 1.82) is 5.26 Å². The van der Waals surface area contributed by atoms with Crippen molar-refractivity contribution in [2.24, 2.45) is 0 Å². The predicted octanol–water partition coefficient (Wildman–Crippen LogP) is 5.76. The lowest BCUT2D eigenvalue weighted by molar-refractivity contribution is -0.112. The van der Waals surface area contributed by atoms with Crippen molar-refractivity contribution < 1.29 is 9.53 Å². The third kappa shape index (κ3) is 5.83. The van der Waals surface area contributed by atoms with E-state index in [2.05, 4.69) is 37.4 Å². The lowest BCUT2D eigenvalue weighted by atomic mass is 9.96. The molecule has 0 aliphatic rings. The monoisotopic (exact) mass is 410 g/mol. The number of hydrogen-bond acceptors (Lipinski definition) is 3. The first-order valence-electron chi connectivity index (χ1n) is 10.1. The smallest absolute Gasteiger partial charge is 0.266 e. The summed E-state index contributed by atoms with van der Waals surface area (Å²) in [6.07, 6.45) is 2.31. The third-order valence-electron chi connectivity index (χ3n) is 4.97. The Morgan fingerprint density at radius 1 is 1.00 bits per heavy atom. The molecule has 3 rings (SSSR count). The van der Waals surface area contributed by atoms with Gasteiger partial charge in [0.1, 0.15) is 17.4 Å². The molecule has 0 aliphatic carbocycles. The third-order valence-corrected chi connectivity index (χ3v) is 4.97. The van der Waals surface area contributed by atoms with Crippen LogP contribution in [0.2, 0.25) is 0 Å². The van der Waals surface area contributed by atoms with E-state index < -0.39 is 5.91 Å². The lowest BCUT2D eigenvalue weighted by Gasteiger charge is -2.11. The van der Waals surface area contributed by atoms with Gasteiger partial charge in [0.2, 0.25) is 0 Å². The van der Waals surface area contributed by atoms with Crippen molar-refractivity contribution in [3.8, 4) is 11.8 Å². The Morgan fingerprint density at radius 3 is 2.39 bits per heavy atom. The number of rotatable bonds is 6. The highest BCUT2D eigenvalue weighted by Gasteiger charge is 2.12. The van der Waals surface area contributed by atoms with E-state index in [1.165, 1.54) is 16.7 Å². The van der Waals surface area contributed by atoms with Gasteiger partial charge < -0.3 is 10.1 Å². The van der Waals surface area contributed by atoms with Gasteiger partial charge in [0.05, 0.1) is 7.11 Å². The molecule has 4 heteroatoms. The number of benzene rings is 3. The van der Waals surface area contributed by atoms with Crippen molar-refractivity contribution in [2.45, 2.75) is 27.2 Å². The second kappa shape index (κ2) is 9.77. The number of methoxy groups -OCH3 is 1. The Bertz CT molecular complexity index is 1170. The normalized spacial score (nSPS) is 11.0. The summed E-state index contributed by atoms with van der Waals surface area (Å²) >= 11 is 0. The first-order chi connectivity index (χ1) is 14.9. The highest BCUT2D eigenvalue weighted by molar-refractivity contribution is 6.09. The fraction of sp³-hybridized carbons (Fsp3) is 0.185. The lowest BCUT2D eigenvalue weighted by Crippen LogP contribution is -2.13. The summed E-state index contributed by atoms with van der Waals surface area (Å²) in [5, 5.41) is 12.4. The number of nitrogens with zero attached hydrogens (tertiary/aromatic N) is 1. The summed E-state index contributed by atoms with van der Waals surface area (Å²) in [4.78, 5) is 12.7. The molecule has 0 saturated carbocycles. The molecule has 0 unspecified atom stereocenters. The molecule has 0 bridgehead atoms. The van der Waals surface area contributed by atoms with Crippen LogP contribution in [0, 0.1) is 32.1 Å². The van der Waals surface area contributed by atoms with E-state index in [1.54, 1.807) is 19.3 Å². The molecular formula is C27H26N2O2. The van der Waals surface area contributed by atoms with Crippen LogP contribution in [-0.4, -0.2) is 13.0 Å². The van der Waals surface area contributed by atoms with Gasteiger partial charge in [0.15, 0.2) is 0 Å². The van der Waals surface area contributed by atoms with Crippen LogP contribution in [0.4, 0.5) is 5.69 Å². The number of carbonyl (C=O) groups is 1. The fourth-order valence-electron chi connectivity index (χ4n) is 3.62. The first kappa shape index (κ1) is 21.9. The van der Waals surface area contributed by atoms with Crippen LogP contribution in [0.15, 0.2) is 66.2 Å². The number of amides is 1. The summed E-state index contributed by atoms with van der Waals surface area (Å²) in [7, 11) is 1.63.